The first kappa shape index (κ1) is 14.1. The van der Waals surface area contributed by atoms with Crippen LogP contribution in [0, 0.1) is 5.92 Å². The van der Waals surface area contributed by atoms with E-state index >= 15 is 0 Å². The molecule has 0 radical (unpaired) electrons. The van der Waals surface area contributed by atoms with E-state index in [0.717, 1.165) is 32.5 Å². The van der Waals surface area contributed by atoms with E-state index in [4.69, 9.17) is 5.73 Å². The summed E-state index contributed by atoms with van der Waals surface area (Å²) in [4.78, 5) is 0. The van der Waals surface area contributed by atoms with Gasteiger partial charge in [-0.2, -0.15) is 0 Å². The van der Waals surface area contributed by atoms with Crippen LogP contribution in [-0.4, -0.2) is 24.2 Å². The Labute approximate surface area is 115 Å². The summed E-state index contributed by atoms with van der Waals surface area (Å²) in [7, 11) is 2.11. The van der Waals surface area contributed by atoms with Gasteiger partial charge in [0.1, 0.15) is 0 Å². The number of aryl methyl sites for hydroxylation is 1. The molecule has 0 bridgehead atoms. The Morgan fingerprint density at radius 1 is 1.26 bits per heavy atom. The van der Waals surface area contributed by atoms with Gasteiger partial charge in [0.2, 0.25) is 0 Å². The molecular weight excluding hydrogens is 234 g/mol. The second-order valence-corrected chi connectivity index (χ2v) is 5.41. The highest BCUT2D eigenvalue weighted by atomic mass is 14.9. The minimum Gasteiger partial charge on any atom is -0.350 e. The normalized spacial score (nSPS) is 13.0. The third kappa shape index (κ3) is 3.58. The number of nitrogens with two attached hydrogens (primary N) is 1. The molecule has 1 unspecified atom stereocenters. The Balaban J connectivity index is 1.85. The van der Waals surface area contributed by atoms with Crippen LogP contribution in [0.25, 0.3) is 10.9 Å². The van der Waals surface area contributed by atoms with Crippen LogP contribution >= 0.6 is 0 Å². The molecule has 1 aromatic heterocycles. The van der Waals surface area contributed by atoms with Crippen LogP contribution in [0.4, 0.5) is 0 Å². The maximum atomic E-state index is 5.61. The van der Waals surface area contributed by atoms with Crippen LogP contribution in [0.5, 0.6) is 0 Å². The highest BCUT2D eigenvalue weighted by molar-refractivity contribution is 5.83. The van der Waals surface area contributed by atoms with Crippen molar-refractivity contribution in [2.75, 3.05) is 19.6 Å². The summed E-state index contributed by atoms with van der Waals surface area (Å²) < 4.78 is 2.21. The summed E-state index contributed by atoms with van der Waals surface area (Å²) in [5, 5.41) is 4.89. The Morgan fingerprint density at radius 3 is 2.84 bits per heavy atom. The van der Waals surface area contributed by atoms with Gasteiger partial charge in [0, 0.05) is 24.1 Å². The van der Waals surface area contributed by atoms with E-state index in [1.54, 1.807) is 0 Å². The lowest BCUT2D eigenvalue weighted by atomic mass is 10.1. The molecule has 1 atom stereocenters. The molecule has 0 saturated heterocycles. The number of nitrogens with zero attached hydrogens (tertiary/aromatic N) is 1. The zero-order valence-corrected chi connectivity index (χ0v) is 12.0. The molecule has 2 rings (SSSR count). The van der Waals surface area contributed by atoms with Crippen LogP contribution in [0.3, 0.4) is 0 Å². The molecule has 1 aromatic carbocycles. The summed E-state index contributed by atoms with van der Waals surface area (Å²) in [6, 6.07) is 8.59. The summed E-state index contributed by atoms with van der Waals surface area (Å²) >= 11 is 0. The minimum absolute atomic E-state index is 0.616. The van der Waals surface area contributed by atoms with E-state index in [2.05, 4.69) is 54.3 Å². The molecule has 0 fully saturated rings. The number of hydrogen-bond acceptors (Lipinski definition) is 2. The second-order valence-electron chi connectivity index (χ2n) is 5.41. The first-order chi connectivity index (χ1) is 9.22. The number of fused-ring (bicyclic) bond motifs is 1. The van der Waals surface area contributed by atoms with E-state index < -0.39 is 0 Å². The molecule has 0 amide bonds. The number of para-hydroxylation sites is 1. The van der Waals surface area contributed by atoms with Crippen molar-refractivity contribution in [3.05, 3.63) is 36.0 Å². The van der Waals surface area contributed by atoms with Crippen molar-refractivity contribution >= 4 is 10.9 Å². The number of hydrogen-bond donors (Lipinski definition) is 2. The predicted octanol–water partition coefficient (Wildman–Crippen LogP) is 2.30. The molecule has 0 spiro atoms. The average Bonchev–Trinajstić information content (AvgIpc) is 2.75. The summed E-state index contributed by atoms with van der Waals surface area (Å²) in [6.07, 6.45) is 4.49. The van der Waals surface area contributed by atoms with E-state index in [1.165, 1.54) is 16.5 Å². The summed E-state index contributed by atoms with van der Waals surface area (Å²) in [6.45, 7) is 5.08. The SMILES string of the molecule is CC(CN)CCNCCc1cn(C)c2ccccc12. The molecule has 19 heavy (non-hydrogen) atoms. The molecule has 0 aliphatic heterocycles. The van der Waals surface area contributed by atoms with Gasteiger partial charge >= 0.3 is 0 Å². The van der Waals surface area contributed by atoms with E-state index in [9.17, 15) is 0 Å². The zero-order valence-electron chi connectivity index (χ0n) is 12.0. The van der Waals surface area contributed by atoms with Crippen molar-refractivity contribution in [3.63, 3.8) is 0 Å². The van der Waals surface area contributed by atoms with Gasteiger partial charge in [-0.15, -0.1) is 0 Å². The van der Waals surface area contributed by atoms with Gasteiger partial charge in [0.25, 0.3) is 0 Å². The van der Waals surface area contributed by atoms with E-state index in [-0.39, 0.29) is 0 Å². The molecule has 0 aliphatic rings. The maximum Gasteiger partial charge on any atom is 0.0480 e. The van der Waals surface area contributed by atoms with Gasteiger partial charge in [-0.25, -0.2) is 0 Å². The fraction of sp³-hybridized carbons (Fsp3) is 0.500. The molecule has 104 valence electrons. The standard InChI is InChI=1S/C16H25N3/c1-13(11-17)7-9-18-10-8-14-12-19(2)16-6-4-3-5-15(14)16/h3-6,12-13,18H,7-11,17H2,1-2H3. The van der Waals surface area contributed by atoms with Gasteiger partial charge in [-0.3, -0.25) is 0 Å². The Hall–Kier alpha value is -1.32. The first-order valence-electron chi connectivity index (χ1n) is 7.16. The molecular formula is C16H25N3. The van der Waals surface area contributed by atoms with Crippen LogP contribution in [0.15, 0.2) is 30.5 Å². The van der Waals surface area contributed by atoms with Gasteiger partial charge in [-0.05, 0) is 50.0 Å². The predicted molar refractivity (Wildman–Crippen MR) is 82.3 cm³/mol. The maximum absolute atomic E-state index is 5.61. The van der Waals surface area contributed by atoms with Crippen molar-refractivity contribution in [2.24, 2.45) is 18.7 Å². The van der Waals surface area contributed by atoms with Gasteiger partial charge in [0.05, 0.1) is 0 Å². The highest BCUT2D eigenvalue weighted by Gasteiger charge is 2.05. The van der Waals surface area contributed by atoms with Crippen molar-refractivity contribution < 1.29 is 0 Å². The van der Waals surface area contributed by atoms with Gasteiger partial charge in [0.15, 0.2) is 0 Å². The van der Waals surface area contributed by atoms with E-state index in [0.29, 0.717) is 5.92 Å². The van der Waals surface area contributed by atoms with Gasteiger partial charge in [-0.1, -0.05) is 25.1 Å². The number of nitrogens with one attached hydrogen (secondary N) is 1. The third-order valence-electron chi connectivity index (χ3n) is 3.77. The van der Waals surface area contributed by atoms with Crippen molar-refractivity contribution in [1.29, 1.82) is 0 Å². The second kappa shape index (κ2) is 6.73. The van der Waals surface area contributed by atoms with Crippen molar-refractivity contribution in [1.82, 2.24) is 9.88 Å². The number of aromatic nitrogens is 1. The molecule has 0 saturated carbocycles. The molecule has 2 aromatic rings. The minimum atomic E-state index is 0.616. The zero-order chi connectivity index (χ0) is 13.7. The average molecular weight is 259 g/mol. The lowest BCUT2D eigenvalue weighted by Gasteiger charge is -2.08. The third-order valence-corrected chi connectivity index (χ3v) is 3.77. The van der Waals surface area contributed by atoms with Crippen LogP contribution in [0.2, 0.25) is 0 Å². The van der Waals surface area contributed by atoms with Crippen LogP contribution in [0.1, 0.15) is 18.9 Å². The first-order valence-corrected chi connectivity index (χ1v) is 7.16. The van der Waals surface area contributed by atoms with Gasteiger partial charge < -0.3 is 15.6 Å². The Morgan fingerprint density at radius 2 is 2.05 bits per heavy atom. The molecule has 0 aliphatic carbocycles. The molecule has 3 heteroatoms. The largest absolute Gasteiger partial charge is 0.350 e. The Bertz CT molecular complexity index is 516. The Kier molecular flexibility index (Phi) is 5.00. The van der Waals surface area contributed by atoms with Crippen LogP contribution < -0.4 is 11.1 Å². The smallest absolute Gasteiger partial charge is 0.0480 e. The molecule has 3 nitrogen and oxygen atoms in total. The number of benzene rings is 1. The van der Waals surface area contributed by atoms with Crippen LogP contribution in [-0.2, 0) is 13.5 Å². The molecule has 3 N–H and O–H groups in total. The highest BCUT2D eigenvalue weighted by Crippen LogP contribution is 2.20. The van der Waals surface area contributed by atoms with Crippen molar-refractivity contribution in [2.45, 2.75) is 19.8 Å². The quantitative estimate of drug-likeness (QED) is 0.749. The fourth-order valence-electron chi connectivity index (χ4n) is 2.44. The lowest BCUT2D eigenvalue weighted by molar-refractivity contribution is 0.511. The monoisotopic (exact) mass is 259 g/mol. The lowest BCUT2D eigenvalue weighted by Crippen LogP contribution is -2.22. The molecule has 1 heterocycles. The summed E-state index contributed by atoms with van der Waals surface area (Å²) in [5.74, 6) is 0.616. The van der Waals surface area contributed by atoms with Crippen molar-refractivity contribution in [3.8, 4) is 0 Å². The fourth-order valence-corrected chi connectivity index (χ4v) is 2.44. The van der Waals surface area contributed by atoms with E-state index in [1.807, 2.05) is 0 Å². The number of rotatable bonds is 7. The topological polar surface area (TPSA) is 43.0 Å². The summed E-state index contributed by atoms with van der Waals surface area (Å²) in [5.41, 5.74) is 8.35.